The van der Waals surface area contributed by atoms with Gasteiger partial charge in [-0.1, -0.05) is 6.07 Å². The maximum atomic E-state index is 9.75. The van der Waals surface area contributed by atoms with Gasteiger partial charge >= 0.3 is 0 Å². The normalized spacial score (nSPS) is 26.4. The van der Waals surface area contributed by atoms with Crippen LogP contribution in [0.3, 0.4) is 0 Å². The lowest BCUT2D eigenvalue weighted by Crippen LogP contribution is -2.40. The fraction of sp³-hybridized carbons (Fsp3) is 0.625. The molecule has 0 aliphatic carbocycles. The van der Waals surface area contributed by atoms with Crippen molar-refractivity contribution in [3.8, 4) is 11.5 Å². The van der Waals surface area contributed by atoms with E-state index in [4.69, 9.17) is 4.74 Å². The van der Waals surface area contributed by atoms with Crippen molar-refractivity contribution in [2.24, 2.45) is 5.92 Å². The van der Waals surface area contributed by atoms with Crippen LogP contribution >= 0.6 is 0 Å². The molecule has 2 atom stereocenters. The summed E-state index contributed by atoms with van der Waals surface area (Å²) >= 11 is 0. The summed E-state index contributed by atoms with van der Waals surface area (Å²) in [6, 6.07) is 6.37. The maximum Gasteiger partial charge on any atom is 0.161 e. The molecule has 0 unspecified atom stereocenters. The molecule has 0 aromatic heterocycles. The number of hydrogen-bond donors (Lipinski definition) is 2. The van der Waals surface area contributed by atoms with Gasteiger partial charge in [0.05, 0.1) is 6.61 Å². The Labute approximate surface area is 120 Å². The summed E-state index contributed by atoms with van der Waals surface area (Å²) < 4.78 is 5.46. The van der Waals surface area contributed by atoms with Gasteiger partial charge in [0.2, 0.25) is 0 Å². The number of piperidine rings is 1. The fourth-order valence-corrected chi connectivity index (χ4v) is 3.45. The van der Waals surface area contributed by atoms with E-state index in [2.05, 4.69) is 10.2 Å². The van der Waals surface area contributed by atoms with Crippen molar-refractivity contribution in [1.82, 2.24) is 10.2 Å². The summed E-state index contributed by atoms with van der Waals surface area (Å²) in [5, 5.41) is 13.4. The van der Waals surface area contributed by atoms with Gasteiger partial charge in [-0.25, -0.2) is 0 Å². The molecule has 4 nitrogen and oxygen atoms in total. The third-order valence-electron chi connectivity index (χ3n) is 4.41. The molecule has 2 aliphatic rings. The number of nitrogens with one attached hydrogen (secondary N) is 1. The summed E-state index contributed by atoms with van der Waals surface area (Å²) in [7, 11) is 0. The van der Waals surface area contributed by atoms with Crippen molar-refractivity contribution in [1.29, 1.82) is 0 Å². The van der Waals surface area contributed by atoms with Crippen LogP contribution in [0.2, 0.25) is 0 Å². The number of aromatic hydroxyl groups is 1. The van der Waals surface area contributed by atoms with E-state index in [0.717, 1.165) is 19.0 Å². The Balaban J connectivity index is 1.64. The van der Waals surface area contributed by atoms with Crippen molar-refractivity contribution in [2.75, 3.05) is 26.2 Å². The highest BCUT2D eigenvalue weighted by Gasteiger charge is 2.33. The molecule has 0 radical (unpaired) electrons. The molecule has 0 bridgehead atoms. The number of nitrogens with zero attached hydrogens (tertiary/aromatic N) is 1. The van der Waals surface area contributed by atoms with Gasteiger partial charge in [-0.3, -0.25) is 4.90 Å². The molecule has 3 rings (SSSR count). The van der Waals surface area contributed by atoms with Crippen LogP contribution in [0.25, 0.3) is 0 Å². The first-order valence-electron chi connectivity index (χ1n) is 7.66. The number of likely N-dealkylation sites (tertiary alicyclic amines) is 1. The zero-order valence-electron chi connectivity index (χ0n) is 12.1. The number of hydrogen-bond acceptors (Lipinski definition) is 4. The number of rotatable bonds is 4. The Morgan fingerprint density at radius 2 is 2.30 bits per heavy atom. The van der Waals surface area contributed by atoms with Crippen LogP contribution in [0.1, 0.15) is 25.3 Å². The first kappa shape index (κ1) is 13.7. The van der Waals surface area contributed by atoms with Crippen LogP contribution in [0.5, 0.6) is 11.5 Å². The summed E-state index contributed by atoms with van der Waals surface area (Å²) in [6.45, 7) is 6.94. The first-order chi connectivity index (χ1) is 9.76. The quantitative estimate of drug-likeness (QED) is 0.882. The monoisotopic (exact) mass is 276 g/mol. The van der Waals surface area contributed by atoms with E-state index in [0.29, 0.717) is 18.4 Å². The predicted molar refractivity (Wildman–Crippen MR) is 79.1 cm³/mol. The minimum Gasteiger partial charge on any atom is -0.504 e. The van der Waals surface area contributed by atoms with Crippen LogP contribution in [-0.4, -0.2) is 42.3 Å². The van der Waals surface area contributed by atoms with Gasteiger partial charge in [-0.15, -0.1) is 0 Å². The second kappa shape index (κ2) is 6.02. The van der Waals surface area contributed by atoms with E-state index in [1.807, 2.05) is 19.1 Å². The topological polar surface area (TPSA) is 44.7 Å². The lowest BCUT2D eigenvalue weighted by atomic mass is 9.94. The van der Waals surface area contributed by atoms with Crippen LogP contribution in [0.15, 0.2) is 18.2 Å². The molecule has 1 aromatic carbocycles. The van der Waals surface area contributed by atoms with Crippen LogP contribution in [-0.2, 0) is 6.54 Å². The number of fused-ring (bicyclic) bond motifs is 1. The highest BCUT2D eigenvalue weighted by atomic mass is 16.5. The number of ether oxygens (including phenoxy) is 1. The van der Waals surface area contributed by atoms with Gasteiger partial charge in [-0.05, 0) is 49.9 Å². The first-order valence-corrected chi connectivity index (χ1v) is 7.66. The van der Waals surface area contributed by atoms with Gasteiger partial charge in [0.25, 0.3) is 0 Å². The van der Waals surface area contributed by atoms with Crippen molar-refractivity contribution >= 4 is 0 Å². The van der Waals surface area contributed by atoms with E-state index in [1.165, 1.54) is 31.5 Å². The standard InChI is InChI=1S/C16H24N2O2/c1-2-20-16-8-12(5-6-15(16)19)9-18-10-13-4-3-7-17-14(13)11-18/h5-6,8,13-14,17,19H,2-4,7,9-11H2,1H3/t13-,14+/m0/s1. The smallest absolute Gasteiger partial charge is 0.161 e. The number of phenolic OH excluding ortho intramolecular Hbond substituents is 1. The maximum absolute atomic E-state index is 9.75. The summed E-state index contributed by atoms with van der Waals surface area (Å²) in [5.41, 5.74) is 1.21. The van der Waals surface area contributed by atoms with E-state index in [1.54, 1.807) is 6.07 Å². The molecule has 2 fully saturated rings. The fourth-order valence-electron chi connectivity index (χ4n) is 3.45. The molecule has 4 heteroatoms. The molecule has 2 aliphatic heterocycles. The van der Waals surface area contributed by atoms with Crippen LogP contribution in [0, 0.1) is 5.92 Å². The molecule has 2 saturated heterocycles. The Morgan fingerprint density at radius 1 is 1.40 bits per heavy atom. The highest BCUT2D eigenvalue weighted by molar-refractivity contribution is 5.41. The van der Waals surface area contributed by atoms with E-state index < -0.39 is 0 Å². The van der Waals surface area contributed by atoms with Gasteiger partial charge in [-0.2, -0.15) is 0 Å². The molecule has 2 heterocycles. The highest BCUT2D eigenvalue weighted by Crippen LogP contribution is 2.29. The van der Waals surface area contributed by atoms with Crippen molar-refractivity contribution in [2.45, 2.75) is 32.4 Å². The Morgan fingerprint density at radius 3 is 3.10 bits per heavy atom. The van der Waals surface area contributed by atoms with E-state index in [9.17, 15) is 5.11 Å². The van der Waals surface area contributed by atoms with Crippen molar-refractivity contribution in [3.05, 3.63) is 23.8 Å². The lowest BCUT2D eigenvalue weighted by Gasteiger charge is -2.24. The van der Waals surface area contributed by atoms with Gasteiger partial charge < -0.3 is 15.2 Å². The SMILES string of the molecule is CCOc1cc(CN2C[C@@H]3CCCN[C@@H]3C2)ccc1O. The van der Waals surface area contributed by atoms with Crippen molar-refractivity contribution in [3.63, 3.8) is 0 Å². The Hall–Kier alpha value is -1.26. The lowest BCUT2D eigenvalue weighted by molar-refractivity contribution is 0.305. The molecule has 110 valence electrons. The van der Waals surface area contributed by atoms with Crippen molar-refractivity contribution < 1.29 is 9.84 Å². The van der Waals surface area contributed by atoms with Gasteiger partial charge in [0, 0.05) is 25.7 Å². The molecule has 2 N–H and O–H groups in total. The average Bonchev–Trinajstić information content (AvgIpc) is 2.85. The summed E-state index contributed by atoms with van der Waals surface area (Å²) in [6.07, 6.45) is 2.66. The Bertz CT molecular complexity index is 450. The molecule has 0 spiro atoms. The zero-order chi connectivity index (χ0) is 13.9. The molecular formula is C16H24N2O2. The number of benzene rings is 1. The molecule has 1 aromatic rings. The molecule has 20 heavy (non-hydrogen) atoms. The average molecular weight is 276 g/mol. The minimum absolute atomic E-state index is 0.229. The summed E-state index contributed by atoms with van der Waals surface area (Å²) in [5.74, 6) is 1.64. The molecular weight excluding hydrogens is 252 g/mol. The van der Waals surface area contributed by atoms with Gasteiger partial charge in [0.15, 0.2) is 11.5 Å². The predicted octanol–water partition coefficient (Wildman–Crippen LogP) is 1.97. The second-order valence-corrected chi connectivity index (χ2v) is 5.89. The molecule has 0 saturated carbocycles. The van der Waals surface area contributed by atoms with E-state index in [-0.39, 0.29) is 5.75 Å². The second-order valence-electron chi connectivity index (χ2n) is 5.89. The third-order valence-corrected chi connectivity index (χ3v) is 4.41. The third kappa shape index (κ3) is 2.91. The largest absolute Gasteiger partial charge is 0.504 e. The van der Waals surface area contributed by atoms with Gasteiger partial charge in [0.1, 0.15) is 0 Å². The number of phenols is 1. The van der Waals surface area contributed by atoms with Crippen LogP contribution < -0.4 is 10.1 Å². The molecule has 0 amide bonds. The minimum atomic E-state index is 0.229. The van der Waals surface area contributed by atoms with E-state index >= 15 is 0 Å². The Kier molecular flexibility index (Phi) is 4.13. The zero-order valence-corrected chi connectivity index (χ0v) is 12.1. The van der Waals surface area contributed by atoms with Crippen LogP contribution in [0.4, 0.5) is 0 Å². The summed E-state index contributed by atoms with van der Waals surface area (Å²) in [4.78, 5) is 2.51.